The first-order chi connectivity index (χ1) is 10.1. The molecule has 0 aliphatic rings. The third-order valence-corrected chi connectivity index (χ3v) is 3.17. The van der Waals surface area contributed by atoms with Crippen LogP contribution in [0.25, 0.3) is 0 Å². The van der Waals surface area contributed by atoms with E-state index in [2.05, 4.69) is 10.6 Å². The highest BCUT2D eigenvalue weighted by Crippen LogP contribution is 2.17. The highest BCUT2D eigenvalue weighted by atomic mass is 35.5. The third kappa shape index (κ3) is 4.28. The monoisotopic (exact) mass is 306 g/mol. The molecule has 0 heterocycles. The number of hydrogen-bond donors (Lipinski definition) is 2. The van der Waals surface area contributed by atoms with Crippen molar-refractivity contribution in [3.8, 4) is 0 Å². The van der Waals surface area contributed by atoms with Gasteiger partial charge in [0, 0.05) is 17.3 Å². The molecule has 0 saturated carbocycles. The normalized spacial score (nSPS) is 10.4. The SMILES string of the molecule is CCNCc1cccc(NC(=O)c2cc(Cl)ccc2F)c1. The van der Waals surface area contributed by atoms with Crippen molar-refractivity contribution in [1.82, 2.24) is 5.32 Å². The molecular formula is C16H16ClFN2O. The molecule has 21 heavy (non-hydrogen) atoms. The lowest BCUT2D eigenvalue weighted by Gasteiger charge is -2.09. The van der Waals surface area contributed by atoms with Gasteiger partial charge in [-0.1, -0.05) is 30.7 Å². The second kappa shape index (κ2) is 7.20. The summed E-state index contributed by atoms with van der Waals surface area (Å²) in [5, 5.41) is 6.20. The van der Waals surface area contributed by atoms with E-state index in [0.29, 0.717) is 17.3 Å². The van der Waals surface area contributed by atoms with Crippen molar-refractivity contribution in [3.05, 3.63) is 64.4 Å². The molecule has 1 amide bonds. The van der Waals surface area contributed by atoms with Crippen LogP contribution in [0.4, 0.5) is 10.1 Å². The van der Waals surface area contributed by atoms with Gasteiger partial charge in [-0.25, -0.2) is 4.39 Å². The number of rotatable bonds is 5. The Balaban J connectivity index is 2.14. The number of amides is 1. The van der Waals surface area contributed by atoms with Crippen LogP contribution in [-0.2, 0) is 6.54 Å². The summed E-state index contributed by atoms with van der Waals surface area (Å²) in [4.78, 5) is 12.1. The van der Waals surface area contributed by atoms with Crippen molar-refractivity contribution in [2.45, 2.75) is 13.5 Å². The van der Waals surface area contributed by atoms with Crippen molar-refractivity contribution in [1.29, 1.82) is 0 Å². The molecule has 0 aliphatic carbocycles. The molecule has 2 aromatic carbocycles. The van der Waals surface area contributed by atoms with Gasteiger partial charge in [-0.2, -0.15) is 0 Å². The Morgan fingerprint density at radius 2 is 2.05 bits per heavy atom. The van der Waals surface area contributed by atoms with Gasteiger partial charge in [0.1, 0.15) is 5.82 Å². The molecule has 0 aromatic heterocycles. The highest BCUT2D eigenvalue weighted by molar-refractivity contribution is 6.31. The molecule has 0 bridgehead atoms. The molecule has 0 unspecified atom stereocenters. The van der Waals surface area contributed by atoms with E-state index in [1.807, 2.05) is 25.1 Å². The van der Waals surface area contributed by atoms with Crippen LogP contribution in [-0.4, -0.2) is 12.5 Å². The van der Waals surface area contributed by atoms with E-state index in [0.717, 1.165) is 12.1 Å². The molecule has 0 radical (unpaired) electrons. The fraction of sp³-hybridized carbons (Fsp3) is 0.188. The maximum atomic E-state index is 13.6. The largest absolute Gasteiger partial charge is 0.322 e. The van der Waals surface area contributed by atoms with Crippen LogP contribution < -0.4 is 10.6 Å². The Morgan fingerprint density at radius 3 is 2.81 bits per heavy atom. The van der Waals surface area contributed by atoms with Crippen LogP contribution in [0.2, 0.25) is 5.02 Å². The van der Waals surface area contributed by atoms with Gasteiger partial charge >= 0.3 is 0 Å². The first kappa shape index (κ1) is 15.5. The van der Waals surface area contributed by atoms with Crippen LogP contribution in [0, 0.1) is 5.82 Å². The molecule has 2 N–H and O–H groups in total. The first-order valence-electron chi connectivity index (χ1n) is 6.66. The zero-order chi connectivity index (χ0) is 15.2. The zero-order valence-corrected chi connectivity index (χ0v) is 12.4. The summed E-state index contributed by atoms with van der Waals surface area (Å²) in [6.07, 6.45) is 0. The number of hydrogen-bond acceptors (Lipinski definition) is 2. The summed E-state index contributed by atoms with van der Waals surface area (Å²) >= 11 is 5.79. The number of anilines is 1. The molecule has 110 valence electrons. The van der Waals surface area contributed by atoms with Crippen LogP contribution in [0.3, 0.4) is 0 Å². The minimum absolute atomic E-state index is 0.0698. The van der Waals surface area contributed by atoms with Crippen molar-refractivity contribution in [3.63, 3.8) is 0 Å². The smallest absolute Gasteiger partial charge is 0.258 e. The predicted molar refractivity (Wildman–Crippen MR) is 83.2 cm³/mol. The number of carbonyl (C=O) groups excluding carboxylic acids is 1. The summed E-state index contributed by atoms with van der Waals surface area (Å²) < 4.78 is 13.6. The van der Waals surface area contributed by atoms with Crippen molar-refractivity contribution in [2.24, 2.45) is 0 Å². The maximum Gasteiger partial charge on any atom is 0.258 e. The summed E-state index contributed by atoms with van der Waals surface area (Å²) in [5.41, 5.74) is 1.59. The van der Waals surface area contributed by atoms with Gasteiger partial charge < -0.3 is 10.6 Å². The fourth-order valence-electron chi connectivity index (χ4n) is 1.90. The molecule has 0 atom stereocenters. The summed E-state index contributed by atoms with van der Waals surface area (Å²) in [6, 6.07) is 11.3. The van der Waals surface area contributed by atoms with Crippen molar-refractivity contribution in [2.75, 3.05) is 11.9 Å². The molecule has 2 rings (SSSR count). The zero-order valence-electron chi connectivity index (χ0n) is 11.6. The Hall–Kier alpha value is -1.91. The van der Waals surface area contributed by atoms with Gasteiger partial charge in [0.15, 0.2) is 0 Å². The second-order valence-electron chi connectivity index (χ2n) is 4.56. The molecule has 0 fully saturated rings. The minimum atomic E-state index is -0.597. The van der Waals surface area contributed by atoms with E-state index in [1.54, 1.807) is 6.07 Å². The highest BCUT2D eigenvalue weighted by Gasteiger charge is 2.12. The van der Waals surface area contributed by atoms with Crippen LogP contribution in [0.15, 0.2) is 42.5 Å². The number of carbonyl (C=O) groups is 1. The Morgan fingerprint density at radius 1 is 1.24 bits per heavy atom. The molecule has 0 saturated heterocycles. The molecular weight excluding hydrogens is 291 g/mol. The van der Waals surface area contributed by atoms with Gasteiger partial charge in [0.2, 0.25) is 0 Å². The van der Waals surface area contributed by atoms with E-state index in [1.165, 1.54) is 18.2 Å². The number of nitrogens with one attached hydrogen (secondary N) is 2. The summed E-state index contributed by atoms with van der Waals surface area (Å²) in [7, 11) is 0. The predicted octanol–water partition coefficient (Wildman–Crippen LogP) is 3.84. The molecule has 0 aliphatic heterocycles. The molecule has 3 nitrogen and oxygen atoms in total. The van der Waals surface area contributed by atoms with Gasteiger partial charge in [0.05, 0.1) is 5.56 Å². The summed E-state index contributed by atoms with van der Waals surface area (Å²) in [5.74, 6) is -1.11. The molecule has 5 heteroatoms. The average Bonchev–Trinajstić information content (AvgIpc) is 2.48. The van der Waals surface area contributed by atoms with Gasteiger partial charge in [-0.15, -0.1) is 0 Å². The Bertz CT molecular complexity index is 646. The summed E-state index contributed by atoms with van der Waals surface area (Å²) in [6.45, 7) is 3.60. The van der Waals surface area contributed by atoms with E-state index in [9.17, 15) is 9.18 Å². The molecule has 2 aromatic rings. The Kier molecular flexibility index (Phi) is 5.31. The maximum absolute atomic E-state index is 13.6. The van der Waals surface area contributed by atoms with Crippen LogP contribution in [0.5, 0.6) is 0 Å². The number of benzene rings is 2. The van der Waals surface area contributed by atoms with Crippen molar-refractivity contribution < 1.29 is 9.18 Å². The van der Waals surface area contributed by atoms with E-state index in [-0.39, 0.29) is 5.56 Å². The topological polar surface area (TPSA) is 41.1 Å². The second-order valence-corrected chi connectivity index (χ2v) is 5.00. The van der Waals surface area contributed by atoms with Crippen molar-refractivity contribution >= 4 is 23.2 Å². The van der Waals surface area contributed by atoms with Crippen LogP contribution >= 0.6 is 11.6 Å². The van der Waals surface area contributed by atoms with Gasteiger partial charge in [-0.05, 0) is 42.4 Å². The average molecular weight is 307 g/mol. The first-order valence-corrected chi connectivity index (χ1v) is 7.04. The van der Waals surface area contributed by atoms with Crippen LogP contribution in [0.1, 0.15) is 22.8 Å². The van der Waals surface area contributed by atoms with Gasteiger partial charge in [-0.3, -0.25) is 4.79 Å². The van der Waals surface area contributed by atoms with E-state index in [4.69, 9.17) is 11.6 Å². The lowest BCUT2D eigenvalue weighted by molar-refractivity contribution is 0.102. The minimum Gasteiger partial charge on any atom is -0.322 e. The number of halogens is 2. The van der Waals surface area contributed by atoms with Gasteiger partial charge in [0.25, 0.3) is 5.91 Å². The van der Waals surface area contributed by atoms with E-state index >= 15 is 0 Å². The molecule has 0 spiro atoms. The Labute approximate surface area is 128 Å². The lowest BCUT2D eigenvalue weighted by atomic mass is 10.1. The lowest BCUT2D eigenvalue weighted by Crippen LogP contribution is -2.15. The van der Waals surface area contributed by atoms with E-state index < -0.39 is 11.7 Å². The standard InChI is InChI=1S/C16H16ClFN2O/c1-2-19-10-11-4-3-5-13(8-11)20-16(21)14-9-12(17)6-7-15(14)18/h3-9,19H,2,10H2,1H3,(H,20,21). The quantitative estimate of drug-likeness (QED) is 0.881. The third-order valence-electron chi connectivity index (χ3n) is 2.94. The fourth-order valence-corrected chi connectivity index (χ4v) is 2.07.